The molecule has 1 aromatic carbocycles. The Morgan fingerprint density at radius 3 is 2.07 bits per heavy atom. The zero-order valence-electron chi connectivity index (χ0n) is 8.45. The van der Waals surface area contributed by atoms with Crippen LogP contribution in [0.25, 0.3) is 0 Å². The molecule has 0 bridgehead atoms. The molecule has 1 nitrogen and oxygen atoms in total. The number of piperidine rings is 1. The maximum Gasteiger partial charge on any atom is 0 e. The molecule has 0 unspecified atom stereocenters. The van der Waals surface area contributed by atoms with E-state index in [0.29, 0.717) is 0 Å². The summed E-state index contributed by atoms with van der Waals surface area (Å²) in [4.78, 5) is 0. The normalized spacial score (nSPS) is 16.6. The Hall–Kier alpha value is 1.39. The summed E-state index contributed by atoms with van der Waals surface area (Å²) in [7, 11) is 0. The van der Waals surface area contributed by atoms with Gasteiger partial charge in [-0.15, -0.1) is 0 Å². The van der Waals surface area contributed by atoms with Crippen LogP contribution in [0.5, 0.6) is 0 Å². The van der Waals surface area contributed by atoms with E-state index in [1.807, 2.05) is 0 Å². The number of hydrogen-bond donors (Lipinski definition) is 1. The van der Waals surface area contributed by atoms with Crippen molar-refractivity contribution in [3.8, 4) is 0 Å². The van der Waals surface area contributed by atoms with Gasteiger partial charge in [0.1, 0.15) is 0 Å². The van der Waals surface area contributed by atoms with Gasteiger partial charge in [0.15, 0.2) is 0 Å². The molecule has 0 aromatic heterocycles. The fraction of sp³-hybridized carbons (Fsp3) is 0.455. The molecule has 14 heavy (non-hydrogen) atoms. The van der Waals surface area contributed by atoms with Crippen molar-refractivity contribution in [2.24, 2.45) is 0 Å². The first-order chi connectivity index (χ1) is 5.97. The van der Waals surface area contributed by atoms with E-state index in [-0.39, 0.29) is 65.4 Å². The average Bonchev–Trinajstić information content (AvgIpc) is 2.21. The van der Waals surface area contributed by atoms with Crippen molar-refractivity contribution in [2.45, 2.75) is 18.8 Å². The largest absolute Gasteiger partial charge is 0.317 e. The van der Waals surface area contributed by atoms with E-state index in [2.05, 4.69) is 35.6 Å². The molecule has 0 aliphatic carbocycles. The summed E-state index contributed by atoms with van der Waals surface area (Å²) < 4.78 is 0. The Morgan fingerprint density at radius 1 is 0.929 bits per heavy atom. The van der Waals surface area contributed by atoms with Crippen molar-refractivity contribution in [1.29, 1.82) is 0 Å². The van der Waals surface area contributed by atoms with Crippen LogP contribution in [0.15, 0.2) is 30.3 Å². The molecule has 1 aromatic rings. The van der Waals surface area contributed by atoms with E-state index in [0.717, 1.165) is 5.92 Å². The molecular formula is C11H15NY2. The zero-order valence-corrected chi connectivity index (χ0v) is 14.1. The van der Waals surface area contributed by atoms with E-state index >= 15 is 0 Å². The van der Waals surface area contributed by atoms with Crippen molar-refractivity contribution in [3.05, 3.63) is 35.9 Å². The molecule has 0 amide bonds. The van der Waals surface area contributed by atoms with E-state index in [1.165, 1.54) is 31.5 Å². The molecular weight excluding hydrogens is 324 g/mol. The topological polar surface area (TPSA) is 12.0 Å². The number of nitrogens with one attached hydrogen (secondary N) is 1. The number of benzene rings is 1. The predicted molar refractivity (Wildman–Crippen MR) is 51.3 cm³/mol. The first-order valence-corrected chi connectivity index (χ1v) is 4.72. The van der Waals surface area contributed by atoms with Crippen LogP contribution in [0, 0.1) is 0 Å². The van der Waals surface area contributed by atoms with Gasteiger partial charge in [0, 0.05) is 65.4 Å². The van der Waals surface area contributed by atoms with Gasteiger partial charge in [0.25, 0.3) is 0 Å². The van der Waals surface area contributed by atoms with Crippen molar-refractivity contribution in [1.82, 2.24) is 5.32 Å². The average molecular weight is 339 g/mol. The molecule has 70 valence electrons. The molecule has 1 heterocycles. The zero-order chi connectivity index (χ0) is 8.23. The van der Waals surface area contributed by atoms with Gasteiger partial charge >= 0.3 is 0 Å². The fourth-order valence-electron chi connectivity index (χ4n) is 1.88. The molecule has 0 spiro atoms. The van der Waals surface area contributed by atoms with Gasteiger partial charge in [0.05, 0.1) is 0 Å². The Bertz CT molecular complexity index is 232. The molecule has 1 aliphatic rings. The van der Waals surface area contributed by atoms with Crippen molar-refractivity contribution in [2.75, 3.05) is 13.1 Å². The predicted octanol–water partition coefficient (Wildman–Crippen LogP) is 2.15. The Labute approximate surface area is 137 Å². The van der Waals surface area contributed by atoms with Gasteiger partial charge < -0.3 is 5.32 Å². The summed E-state index contributed by atoms with van der Waals surface area (Å²) in [5, 5.41) is 3.38. The molecule has 1 N–H and O–H groups in total. The molecule has 2 rings (SSSR count). The van der Waals surface area contributed by atoms with Crippen LogP contribution in [0.2, 0.25) is 0 Å². The van der Waals surface area contributed by atoms with Crippen LogP contribution in [0.1, 0.15) is 24.3 Å². The molecule has 1 fully saturated rings. The Morgan fingerprint density at radius 2 is 1.50 bits per heavy atom. The summed E-state index contributed by atoms with van der Waals surface area (Å²) >= 11 is 0. The third-order valence-electron chi connectivity index (χ3n) is 2.61. The minimum atomic E-state index is 0. The number of hydrogen-bond acceptors (Lipinski definition) is 1. The third-order valence-corrected chi connectivity index (χ3v) is 2.61. The SMILES string of the molecule is [Y].[Y].c1ccc(C2CCNCC2)cc1. The maximum atomic E-state index is 3.38. The second kappa shape index (κ2) is 8.53. The second-order valence-corrected chi connectivity index (χ2v) is 3.43. The van der Waals surface area contributed by atoms with Gasteiger partial charge in [-0.2, -0.15) is 0 Å². The van der Waals surface area contributed by atoms with Gasteiger partial charge in [-0.05, 0) is 37.4 Å². The second-order valence-electron chi connectivity index (χ2n) is 3.43. The Kier molecular flexibility index (Phi) is 9.38. The van der Waals surface area contributed by atoms with Gasteiger partial charge in [0.2, 0.25) is 0 Å². The molecule has 2 radical (unpaired) electrons. The maximum absolute atomic E-state index is 3.38. The van der Waals surface area contributed by atoms with E-state index < -0.39 is 0 Å². The third kappa shape index (κ3) is 4.49. The first-order valence-electron chi connectivity index (χ1n) is 4.72. The van der Waals surface area contributed by atoms with Crippen LogP contribution < -0.4 is 5.32 Å². The smallest absolute Gasteiger partial charge is 0 e. The van der Waals surface area contributed by atoms with Crippen LogP contribution in [-0.4, -0.2) is 13.1 Å². The van der Waals surface area contributed by atoms with Crippen LogP contribution in [0.3, 0.4) is 0 Å². The fourth-order valence-corrected chi connectivity index (χ4v) is 1.88. The van der Waals surface area contributed by atoms with Crippen molar-refractivity contribution < 1.29 is 65.4 Å². The quantitative estimate of drug-likeness (QED) is 0.827. The minimum Gasteiger partial charge on any atom is -0.317 e. The van der Waals surface area contributed by atoms with E-state index in [9.17, 15) is 0 Å². The monoisotopic (exact) mass is 339 g/mol. The van der Waals surface area contributed by atoms with E-state index in [4.69, 9.17) is 0 Å². The molecule has 1 aliphatic heterocycles. The van der Waals surface area contributed by atoms with Crippen LogP contribution in [-0.2, 0) is 65.4 Å². The molecule has 0 atom stereocenters. The summed E-state index contributed by atoms with van der Waals surface area (Å²) in [6.07, 6.45) is 2.59. The minimum absolute atomic E-state index is 0. The van der Waals surface area contributed by atoms with Gasteiger partial charge in [-0.1, -0.05) is 30.3 Å². The molecule has 1 saturated heterocycles. The summed E-state index contributed by atoms with van der Waals surface area (Å²) in [5.74, 6) is 0.799. The molecule has 0 saturated carbocycles. The molecule has 3 heteroatoms. The van der Waals surface area contributed by atoms with E-state index in [1.54, 1.807) is 0 Å². The summed E-state index contributed by atoms with van der Waals surface area (Å²) in [6.45, 7) is 2.36. The van der Waals surface area contributed by atoms with Crippen LogP contribution >= 0.6 is 0 Å². The number of rotatable bonds is 1. The summed E-state index contributed by atoms with van der Waals surface area (Å²) in [6, 6.07) is 10.9. The van der Waals surface area contributed by atoms with Crippen molar-refractivity contribution in [3.63, 3.8) is 0 Å². The standard InChI is InChI=1S/C11H15N.2Y/c1-2-4-10(5-3-1)11-6-8-12-9-7-11;;/h1-5,11-12H,6-9H2;;. The van der Waals surface area contributed by atoms with Gasteiger partial charge in [-0.3, -0.25) is 0 Å². The van der Waals surface area contributed by atoms with Crippen LogP contribution in [0.4, 0.5) is 0 Å². The summed E-state index contributed by atoms with van der Waals surface area (Å²) in [5.41, 5.74) is 1.51. The van der Waals surface area contributed by atoms with Gasteiger partial charge in [-0.25, -0.2) is 0 Å². The first kappa shape index (κ1) is 15.4. The Balaban J connectivity index is 0.000000845. The van der Waals surface area contributed by atoms with Crippen molar-refractivity contribution >= 4 is 0 Å².